The third-order valence-electron chi connectivity index (χ3n) is 5.39. The van der Waals surface area contributed by atoms with Crippen LogP contribution in [0.25, 0.3) is 6.08 Å². The van der Waals surface area contributed by atoms with Crippen LogP contribution in [0.2, 0.25) is 0 Å². The summed E-state index contributed by atoms with van der Waals surface area (Å²) < 4.78 is 11.1. The molecule has 0 spiro atoms. The fraction of sp³-hybridized carbons (Fsp3) is 0.480. The maximum absolute atomic E-state index is 5.73. The molecule has 35 heavy (non-hydrogen) atoms. The van der Waals surface area contributed by atoms with Gasteiger partial charge in [-0.1, -0.05) is 6.08 Å². The summed E-state index contributed by atoms with van der Waals surface area (Å²) in [5, 5.41) is 4.32. The second kappa shape index (κ2) is 13.7. The molecule has 0 atom stereocenters. The summed E-state index contributed by atoms with van der Waals surface area (Å²) in [6.07, 6.45) is 11.1. The number of aromatic amines is 1. The van der Waals surface area contributed by atoms with Gasteiger partial charge >= 0.3 is 6.01 Å². The molecule has 10 nitrogen and oxygen atoms in total. The number of allylic oxidation sites excluding steroid dienone is 1. The second-order valence-corrected chi connectivity index (χ2v) is 7.85. The first-order valence-corrected chi connectivity index (χ1v) is 11.9. The molecule has 1 saturated heterocycles. The first-order chi connectivity index (χ1) is 17.1. The lowest BCUT2D eigenvalue weighted by atomic mass is 10.1. The van der Waals surface area contributed by atoms with Gasteiger partial charge in [0.1, 0.15) is 6.61 Å². The molecule has 0 amide bonds. The molecule has 2 aliphatic heterocycles. The maximum atomic E-state index is 5.73. The van der Waals surface area contributed by atoms with Crippen LogP contribution in [-0.2, 0) is 4.74 Å². The standard InChI is InChI=1S/C21H28N8O2.C4H6/c1-3-7-17-15(2)16(12-23-17)13-24-28-19-25-20(29-9-5-4-6-10-29)27-21(26-19)31-14-18-22-8-11-30-18;1-3-4-2/h3,7,12-13,23H,4-6,8-11,14H2,1-2H3,(H,25,26,27,28);1-2H3/b7-3-,24-13+;. The minimum absolute atomic E-state index is 0.197. The van der Waals surface area contributed by atoms with Crippen LogP contribution in [0.15, 0.2) is 22.4 Å². The highest BCUT2D eigenvalue weighted by Gasteiger charge is 2.18. The van der Waals surface area contributed by atoms with E-state index in [9.17, 15) is 0 Å². The third kappa shape index (κ3) is 7.84. The van der Waals surface area contributed by atoms with Gasteiger partial charge in [-0.15, -0.1) is 11.8 Å². The van der Waals surface area contributed by atoms with E-state index in [1.165, 1.54) is 6.42 Å². The number of anilines is 2. The van der Waals surface area contributed by atoms with Crippen molar-refractivity contribution in [3.05, 3.63) is 29.1 Å². The number of aliphatic imine (C=N–C) groups is 1. The van der Waals surface area contributed by atoms with Crippen molar-refractivity contribution in [2.24, 2.45) is 10.1 Å². The largest absolute Gasteiger partial charge is 0.477 e. The van der Waals surface area contributed by atoms with Gasteiger partial charge in [-0.05, 0) is 58.6 Å². The van der Waals surface area contributed by atoms with Gasteiger partial charge < -0.3 is 19.4 Å². The van der Waals surface area contributed by atoms with Crippen LogP contribution in [-0.4, -0.2) is 64.9 Å². The van der Waals surface area contributed by atoms with Gasteiger partial charge in [0.15, 0.2) is 6.61 Å². The highest BCUT2D eigenvalue weighted by molar-refractivity contribution is 5.83. The van der Waals surface area contributed by atoms with E-state index in [-0.39, 0.29) is 12.6 Å². The lowest BCUT2D eigenvalue weighted by Crippen LogP contribution is -2.31. The molecule has 186 valence electrons. The minimum atomic E-state index is 0.197. The van der Waals surface area contributed by atoms with Gasteiger partial charge in [0.25, 0.3) is 5.95 Å². The zero-order chi connectivity index (χ0) is 24.9. The summed E-state index contributed by atoms with van der Waals surface area (Å²) in [5.41, 5.74) is 6.08. The zero-order valence-corrected chi connectivity index (χ0v) is 21.0. The van der Waals surface area contributed by atoms with Crippen LogP contribution in [0.5, 0.6) is 6.01 Å². The fourth-order valence-corrected chi connectivity index (χ4v) is 3.45. The first-order valence-electron chi connectivity index (χ1n) is 11.9. The van der Waals surface area contributed by atoms with Crippen molar-refractivity contribution in [1.29, 1.82) is 0 Å². The molecular formula is C25H34N8O2. The quantitative estimate of drug-likeness (QED) is 0.337. The van der Waals surface area contributed by atoms with Crippen LogP contribution >= 0.6 is 0 Å². The molecule has 0 aromatic carbocycles. The van der Waals surface area contributed by atoms with Gasteiger partial charge in [-0.25, -0.2) is 10.4 Å². The Morgan fingerprint density at radius 3 is 2.69 bits per heavy atom. The third-order valence-corrected chi connectivity index (χ3v) is 5.39. The molecule has 4 rings (SSSR count). The molecule has 0 unspecified atom stereocenters. The fourth-order valence-electron chi connectivity index (χ4n) is 3.45. The van der Waals surface area contributed by atoms with Crippen molar-refractivity contribution in [3.8, 4) is 17.9 Å². The Hall–Kier alpha value is -3.87. The number of ether oxygens (including phenoxy) is 2. The SMILES string of the molecule is C/C=C\c1[nH]cc(/C=N/Nc2nc(OCC3=NCCO3)nc(N3CCCCC3)n2)c1C.CC#CC. The van der Waals surface area contributed by atoms with Crippen LogP contribution in [0.3, 0.4) is 0 Å². The molecule has 0 aliphatic carbocycles. The van der Waals surface area contributed by atoms with Crippen molar-refractivity contribution in [2.45, 2.75) is 47.0 Å². The number of nitrogens with zero attached hydrogens (tertiary/aromatic N) is 6. The number of aromatic nitrogens is 4. The summed E-state index contributed by atoms with van der Waals surface area (Å²) in [6.45, 7) is 10.9. The lowest BCUT2D eigenvalue weighted by Gasteiger charge is -2.26. The Kier molecular flexibility index (Phi) is 10.1. The Bertz CT molecular complexity index is 1100. The molecule has 1 fully saturated rings. The lowest BCUT2D eigenvalue weighted by molar-refractivity contribution is 0.281. The van der Waals surface area contributed by atoms with E-state index in [1.54, 1.807) is 6.21 Å². The Labute approximate surface area is 207 Å². The van der Waals surface area contributed by atoms with Crippen LogP contribution in [0.4, 0.5) is 11.9 Å². The molecule has 0 bridgehead atoms. The minimum Gasteiger partial charge on any atom is -0.477 e. The molecular weight excluding hydrogens is 444 g/mol. The molecule has 2 aliphatic rings. The van der Waals surface area contributed by atoms with Gasteiger partial charge in [-0.3, -0.25) is 0 Å². The van der Waals surface area contributed by atoms with E-state index in [2.05, 4.69) is 52.2 Å². The van der Waals surface area contributed by atoms with E-state index in [0.29, 0.717) is 30.9 Å². The molecule has 2 N–H and O–H groups in total. The van der Waals surface area contributed by atoms with Crippen LogP contribution in [0.1, 0.15) is 56.9 Å². The summed E-state index contributed by atoms with van der Waals surface area (Å²) in [5.74, 6) is 6.84. The number of nitrogens with one attached hydrogen (secondary N) is 2. The molecule has 4 heterocycles. The average Bonchev–Trinajstić information content (AvgIpc) is 3.54. The number of H-pyrrole nitrogens is 1. The topological polar surface area (TPSA) is 113 Å². The number of hydrogen-bond acceptors (Lipinski definition) is 9. The highest BCUT2D eigenvalue weighted by atomic mass is 16.5. The average molecular weight is 479 g/mol. The van der Waals surface area contributed by atoms with Crippen molar-refractivity contribution < 1.29 is 9.47 Å². The van der Waals surface area contributed by atoms with E-state index in [1.807, 2.05) is 46.0 Å². The highest BCUT2D eigenvalue weighted by Crippen LogP contribution is 2.20. The summed E-state index contributed by atoms with van der Waals surface area (Å²) in [6, 6.07) is 0.222. The normalized spacial score (nSPS) is 15.2. The Morgan fingerprint density at radius 1 is 1.20 bits per heavy atom. The Balaban J connectivity index is 0.000000795. The summed E-state index contributed by atoms with van der Waals surface area (Å²) >= 11 is 0. The predicted molar refractivity (Wildman–Crippen MR) is 140 cm³/mol. The number of hydrazone groups is 1. The van der Waals surface area contributed by atoms with Crippen molar-refractivity contribution in [1.82, 2.24) is 19.9 Å². The zero-order valence-electron chi connectivity index (χ0n) is 21.0. The number of rotatable bonds is 8. The van der Waals surface area contributed by atoms with Crippen molar-refractivity contribution in [3.63, 3.8) is 0 Å². The van der Waals surface area contributed by atoms with Gasteiger partial charge in [0.2, 0.25) is 11.8 Å². The number of piperidine rings is 1. The summed E-state index contributed by atoms with van der Waals surface area (Å²) in [4.78, 5) is 23.0. The molecule has 2 aromatic heterocycles. The monoisotopic (exact) mass is 478 g/mol. The second-order valence-electron chi connectivity index (χ2n) is 7.85. The van der Waals surface area contributed by atoms with Gasteiger partial charge in [0, 0.05) is 30.5 Å². The van der Waals surface area contributed by atoms with E-state index in [0.717, 1.165) is 42.8 Å². The first kappa shape index (κ1) is 25.7. The molecule has 2 aromatic rings. The van der Waals surface area contributed by atoms with Crippen molar-refractivity contribution >= 4 is 30.1 Å². The Morgan fingerprint density at radius 2 is 2.00 bits per heavy atom. The van der Waals surface area contributed by atoms with Crippen LogP contribution in [0, 0.1) is 18.8 Å². The van der Waals surface area contributed by atoms with Crippen LogP contribution < -0.4 is 15.1 Å². The smallest absolute Gasteiger partial charge is 0.323 e. The molecule has 0 saturated carbocycles. The summed E-state index contributed by atoms with van der Waals surface area (Å²) in [7, 11) is 0. The van der Waals surface area contributed by atoms with E-state index in [4.69, 9.17) is 9.47 Å². The molecule has 10 heteroatoms. The number of hydrogen-bond donors (Lipinski definition) is 2. The predicted octanol–water partition coefficient (Wildman–Crippen LogP) is 3.81. The maximum Gasteiger partial charge on any atom is 0.323 e. The van der Waals surface area contributed by atoms with Crippen molar-refractivity contribution in [2.75, 3.05) is 43.2 Å². The van der Waals surface area contributed by atoms with E-state index < -0.39 is 0 Å². The van der Waals surface area contributed by atoms with Gasteiger partial charge in [0.05, 0.1) is 12.8 Å². The van der Waals surface area contributed by atoms with E-state index >= 15 is 0 Å². The van der Waals surface area contributed by atoms with Gasteiger partial charge in [-0.2, -0.15) is 20.1 Å². The molecule has 0 radical (unpaired) electrons.